The predicted molar refractivity (Wildman–Crippen MR) is 80.0 cm³/mol. The maximum Gasteiger partial charge on any atom is 0.230 e. The van der Waals surface area contributed by atoms with Crippen LogP contribution in [0.2, 0.25) is 0 Å². The molecule has 20 heavy (non-hydrogen) atoms. The summed E-state index contributed by atoms with van der Waals surface area (Å²) in [4.78, 5) is 14.8. The highest BCUT2D eigenvalue weighted by atomic mass is 35.5. The first-order chi connectivity index (χ1) is 9.11. The van der Waals surface area contributed by atoms with Crippen LogP contribution in [0.3, 0.4) is 0 Å². The number of halogens is 1. The molecule has 2 saturated heterocycles. The fourth-order valence-electron chi connectivity index (χ4n) is 3.04. The summed E-state index contributed by atoms with van der Waals surface area (Å²) in [6, 6.07) is 0. The summed E-state index contributed by atoms with van der Waals surface area (Å²) in [6.45, 7) is 7.19. The molecule has 2 atom stereocenters. The minimum atomic E-state index is -0.409. The van der Waals surface area contributed by atoms with E-state index >= 15 is 0 Å². The van der Waals surface area contributed by atoms with Gasteiger partial charge in [0.05, 0.1) is 17.6 Å². The van der Waals surface area contributed by atoms with Gasteiger partial charge in [-0.25, -0.2) is 0 Å². The Kier molecular flexibility index (Phi) is 6.72. The van der Waals surface area contributed by atoms with Gasteiger partial charge >= 0.3 is 0 Å². The highest BCUT2D eigenvalue weighted by Gasteiger charge is 2.43. The second kappa shape index (κ2) is 7.59. The molecule has 0 aliphatic carbocycles. The molecule has 2 heterocycles. The summed E-state index contributed by atoms with van der Waals surface area (Å²) in [7, 11) is 0. The number of hydrogen-bond acceptors (Lipinski definition) is 4. The van der Waals surface area contributed by atoms with E-state index in [1.807, 2.05) is 11.8 Å². The van der Waals surface area contributed by atoms with E-state index < -0.39 is 5.41 Å². The molecule has 118 valence electrons. The molecule has 0 radical (unpaired) electrons. The van der Waals surface area contributed by atoms with Crippen LogP contribution in [0.25, 0.3) is 0 Å². The van der Waals surface area contributed by atoms with E-state index in [4.69, 9.17) is 15.2 Å². The lowest BCUT2D eigenvalue weighted by Gasteiger charge is -2.43. The van der Waals surface area contributed by atoms with Crippen molar-refractivity contribution in [2.75, 3.05) is 32.8 Å². The number of nitrogens with zero attached hydrogens (tertiary/aromatic N) is 1. The monoisotopic (exact) mass is 306 g/mol. The van der Waals surface area contributed by atoms with Crippen LogP contribution < -0.4 is 5.73 Å². The Balaban J connectivity index is 0.00000200. The van der Waals surface area contributed by atoms with Gasteiger partial charge in [-0.15, -0.1) is 12.4 Å². The predicted octanol–water partition coefficient (Wildman–Crippen LogP) is 1.19. The topological polar surface area (TPSA) is 64.8 Å². The van der Waals surface area contributed by atoms with Crippen molar-refractivity contribution in [2.24, 2.45) is 11.1 Å². The molecule has 5 nitrogen and oxygen atoms in total. The van der Waals surface area contributed by atoms with Crippen LogP contribution in [0.1, 0.15) is 33.1 Å². The summed E-state index contributed by atoms with van der Waals surface area (Å²) in [5.41, 5.74) is 5.50. The average molecular weight is 307 g/mol. The average Bonchev–Trinajstić information content (AvgIpc) is 2.46. The molecule has 2 rings (SSSR count). The zero-order chi connectivity index (χ0) is 13.9. The van der Waals surface area contributed by atoms with E-state index in [0.717, 1.165) is 19.3 Å². The maximum atomic E-state index is 12.8. The fraction of sp³-hybridized carbons (Fsp3) is 0.929. The molecule has 0 bridgehead atoms. The van der Waals surface area contributed by atoms with E-state index in [2.05, 4.69) is 6.92 Å². The van der Waals surface area contributed by atoms with Gasteiger partial charge in [0.2, 0.25) is 5.91 Å². The number of nitrogens with two attached hydrogens (primary N) is 1. The molecule has 2 unspecified atom stereocenters. The number of ether oxygens (including phenoxy) is 2. The van der Waals surface area contributed by atoms with Crippen LogP contribution in [0, 0.1) is 5.41 Å². The van der Waals surface area contributed by atoms with Gasteiger partial charge in [0.25, 0.3) is 0 Å². The molecule has 0 aromatic rings. The molecular formula is C14H27ClN2O3. The normalized spacial score (nSPS) is 29.6. The summed E-state index contributed by atoms with van der Waals surface area (Å²) in [6.07, 6.45) is 2.68. The lowest BCUT2D eigenvalue weighted by Crippen LogP contribution is -2.56. The smallest absolute Gasteiger partial charge is 0.230 e. The third kappa shape index (κ3) is 3.64. The molecule has 2 fully saturated rings. The number of morpholine rings is 1. The Morgan fingerprint density at radius 3 is 2.55 bits per heavy atom. The molecule has 0 spiro atoms. The fourth-order valence-corrected chi connectivity index (χ4v) is 3.04. The Labute approximate surface area is 127 Å². The van der Waals surface area contributed by atoms with Crippen molar-refractivity contribution in [3.63, 3.8) is 0 Å². The maximum absolute atomic E-state index is 12.8. The van der Waals surface area contributed by atoms with Crippen molar-refractivity contribution in [2.45, 2.75) is 45.3 Å². The van der Waals surface area contributed by atoms with E-state index in [1.165, 1.54) is 0 Å². The quantitative estimate of drug-likeness (QED) is 0.850. The van der Waals surface area contributed by atoms with Gasteiger partial charge in [0.1, 0.15) is 0 Å². The van der Waals surface area contributed by atoms with Crippen LogP contribution in [0.15, 0.2) is 0 Å². The van der Waals surface area contributed by atoms with Crippen LogP contribution in [-0.4, -0.2) is 55.9 Å². The largest absolute Gasteiger partial charge is 0.381 e. The van der Waals surface area contributed by atoms with Crippen LogP contribution in [0.4, 0.5) is 0 Å². The Hall–Kier alpha value is -0.360. The summed E-state index contributed by atoms with van der Waals surface area (Å²) < 4.78 is 11.2. The number of hydrogen-bond donors (Lipinski definition) is 1. The lowest BCUT2D eigenvalue weighted by molar-refractivity contribution is -0.159. The van der Waals surface area contributed by atoms with Crippen molar-refractivity contribution < 1.29 is 14.3 Å². The Morgan fingerprint density at radius 2 is 2.00 bits per heavy atom. The van der Waals surface area contributed by atoms with Crippen molar-refractivity contribution in [1.82, 2.24) is 4.90 Å². The van der Waals surface area contributed by atoms with Crippen molar-refractivity contribution in [3.05, 3.63) is 0 Å². The zero-order valence-corrected chi connectivity index (χ0v) is 13.3. The van der Waals surface area contributed by atoms with E-state index in [-0.39, 0.29) is 30.5 Å². The standard InChI is InChI=1S/C14H26N2O3.ClH/c1-3-12-9-16(8-11(2)19-12)13(17)14(10-15)4-6-18-7-5-14;/h11-12H,3-10,15H2,1-2H3;1H. The highest BCUT2D eigenvalue weighted by molar-refractivity contribution is 5.85. The lowest BCUT2D eigenvalue weighted by atomic mass is 9.78. The van der Waals surface area contributed by atoms with Gasteiger partial charge in [-0.3, -0.25) is 4.79 Å². The number of rotatable bonds is 3. The van der Waals surface area contributed by atoms with E-state index in [9.17, 15) is 4.79 Å². The highest BCUT2D eigenvalue weighted by Crippen LogP contribution is 2.32. The van der Waals surface area contributed by atoms with Crippen LogP contribution >= 0.6 is 12.4 Å². The molecule has 2 aliphatic heterocycles. The SMILES string of the molecule is CCC1CN(C(=O)C2(CN)CCOCC2)CC(C)O1.Cl. The van der Waals surface area contributed by atoms with E-state index in [0.29, 0.717) is 32.8 Å². The van der Waals surface area contributed by atoms with Gasteiger partial charge in [-0.1, -0.05) is 6.92 Å². The molecular weight excluding hydrogens is 280 g/mol. The second-order valence-corrected chi connectivity index (χ2v) is 5.78. The van der Waals surface area contributed by atoms with Crippen molar-refractivity contribution in [3.8, 4) is 0 Å². The zero-order valence-electron chi connectivity index (χ0n) is 12.5. The molecule has 6 heteroatoms. The van der Waals surface area contributed by atoms with Gasteiger partial charge in [0.15, 0.2) is 0 Å². The molecule has 0 saturated carbocycles. The third-order valence-corrected chi connectivity index (χ3v) is 4.36. The van der Waals surface area contributed by atoms with Gasteiger partial charge in [-0.2, -0.15) is 0 Å². The van der Waals surface area contributed by atoms with Crippen molar-refractivity contribution in [1.29, 1.82) is 0 Å². The Morgan fingerprint density at radius 1 is 1.35 bits per heavy atom. The first kappa shape index (κ1) is 17.7. The second-order valence-electron chi connectivity index (χ2n) is 5.78. The third-order valence-electron chi connectivity index (χ3n) is 4.36. The molecule has 0 aromatic heterocycles. The van der Waals surface area contributed by atoms with Gasteiger partial charge < -0.3 is 20.1 Å². The molecule has 2 aliphatic rings. The minimum Gasteiger partial charge on any atom is -0.381 e. The number of carbonyl (C=O) groups excluding carboxylic acids is 1. The first-order valence-corrected chi connectivity index (χ1v) is 7.34. The number of amides is 1. The van der Waals surface area contributed by atoms with E-state index in [1.54, 1.807) is 0 Å². The van der Waals surface area contributed by atoms with Crippen LogP contribution in [-0.2, 0) is 14.3 Å². The first-order valence-electron chi connectivity index (χ1n) is 7.34. The Bertz CT molecular complexity index is 322. The minimum absolute atomic E-state index is 0. The summed E-state index contributed by atoms with van der Waals surface area (Å²) in [5.74, 6) is 0.201. The van der Waals surface area contributed by atoms with Crippen LogP contribution in [0.5, 0.6) is 0 Å². The van der Waals surface area contributed by atoms with Gasteiger partial charge in [0, 0.05) is 32.8 Å². The number of carbonyl (C=O) groups is 1. The summed E-state index contributed by atoms with van der Waals surface area (Å²) in [5, 5.41) is 0. The van der Waals surface area contributed by atoms with Crippen molar-refractivity contribution >= 4 is 18.3 Å². The van der Waals surface area contributed by atoms with Gasteiger partial charge in [-0.05, 0) is 26.2 Å². The molecule has 0 aromatic carbocycles. The molecule has 2 N–H and O–H groups in total. The molecule has 1 amide bonds. The summed E-state index contributed by atoms with van der Waals surface area (Å²) >= 11 is 0.